The van der Waals surface area contributed by atoms with Gasteiger partial charge in [0.2, 0.25) is 0 Å². The van der Waals surface area contributed by atoms with Crippen LogP contribution in [0.15, 0.2) is 0 Å². The monoisotopic (exact) mass is 269 g/mol. The number of halogens is 1. The van der Waals surface area contributed by atoms with Gasteiger partial charge in [-0.2, -0.15) is 0 Å². The Balaban J connectivity index is 2.51. The van der Waals surface area contributed by atoms with Crippen molar-refractivity contribution >= 4 is 28.6 Å². The third-order valence-corrected chi connectivity index (χ3v) is 3.35. The SMILES string of the molecule is CCN1C[C@@H](I)[C@H](C(=O)O)C1. The molecule has 1 aliphatic heterocycles. The van der Waals surface area contributed by atoms with Crippen LogP contribution in [0.5, 0.6) is 0 Å². The molecule has 2 atom stereocenters. The highest BCUT2D eigenvalue weighted by molar-refractivity contribution is 14.1. The van der Waals surface area contributed by atoms with Crippen LogP contribution in [0.1, 0.15) is 6.92 Å². The van der Waals surface area contributed by atoms with E-state index in [0.717, 1.165) is 19.6 Å². The molecule has 0 aromatic rings. The predicted octanol–water partition coefficient (Wildman–Crippen LogP) is 0.826. The molecule has 1 fully saturated rings. The van der Waals surface area contributed by atoms with Crippen LogP contribution in [0.4, 0.5) is 0 Å². The number of hydrogen-bond donors (Lipinski definition) is 1. The highest BCUT2D eigenvalue weighted by atomic mass is 127. The van der Waals surface area contributed by atoms with Crippen molar-refractivity contribution in [3.63, 3.8) is 0 Å². The molecule has 0 radical (unpaired) electrons. The lowest BCUT2D eigenvalue weighted by molar-refractivity contribution is -0.140. The molecule has 0 bridgehead atoms. The minimum absolute atomic E-state index is 0.157. The van der Waals surface area contributed by atoms with Gasteiger partial charge in [-0.15, -0.1) is 0 Å². The highest BCUT2D eigenvalue weighted by Gasteiger charge is 2.34. The van der Waals surface area contributed by atoms with Gasteiger partial charge < -0.3 is 10.0 Å². The van der Waals surface area contributed by atoms with E-state index in [2.05, 4.69) is 34.4 Å². The number of carboxylic acids is 1. The fourth-order valence-electron chi connectivity index (χ4n) is 1.33. The maximum atomic E-state index is 10.6. The van der Waals surface area contributed by atoms with Gasteiger partial charge in [0.15, 0.2) is 0 Å². The first kappa shape index (κ1) is 9.25. The molecule has 1 N–H and O–H groups in total. The summed E-state index contributed by atoms with van der Waals surface area (Å²) in [4.78, 5) is 12.8. The summed E-state index contributed by atoms with van der Waals surface area (Å²) in [5.74, 6) is -0.809. The largest absolute Gasteiger partial charge is 0.481 e. The van der Waals surface area contributed by atoms with E-state index in [-0.39, 0.29) is 9.84 Å². The van der Waals surface area contributed by atoms with E-state index in [1.807, 2.05) is 0 Å². The third kappa shape index (κ3) is 2.05. The Morgan fingerprint density at radius 1 is 1.73 bits per heavy atom. The van der Waals surface area contributed by atoms with Gasteiger partial charge in [0.05, 0.1) is 5.92 Å². The third-order valence-electron chi connectivity index (χ3n) is 2.09. The summed E-state index contributed by atoms with van der Waals surface area (Å²) in [5, 5.41) is 8.77. The normalized spacial score (nSPS) is 32.5. The van der Waals surface area contributed by atoms with Crippen molar-refractivity contribution in [2.24, 2.45) is 5.92 Å². The molecule has 0 spiro atoms. The molecule has 4 heteroatoms. The fraction of sp³-hybridized carbons (Fsp3) is 0.857. The van der Waals surface area contributed by atoms with Crippen LogP contribution in [0, 0.1) is 5.92 Å². The molecule has 0 aliphatic carbocycles. The van der Waals surface area contributed by atoms with Crippen molar-refractivity contribution < 1.29 is 9.90 Å². The summed E-state index contributed by atoms with van der Waals surface area (Å²) in [5.41, 5.74) is 0. The van der Waals surface area contributed by atoms with Crippen molar-refractivity contribution in [1.29, 1.82) is 0 Å². The van der Waals surface area contributed by atoms with Gasteiger partial charge in [-0.1, -0.05) is 29.5 Å². The van der Waals surface area contributed by atoms with Gasteiger partial charge >= 0.3 is 5.97 Å². The number of likely N-dealkylation sites (tertiary alicyclic amines) is 1. The first-order chi connectivity index (χ1) is 5.15. The van der Waals surface area contributed by atoms with E-state index >= 15 is 0 Å². The molecule has 1 heterocycles. The number of aliphatic carboxylic acids is 1. The van der Waals surface area contributed by atoms with Crippen LogP contribution in [0.25, 0.3) is 0 Å². The van der Waals surface area contributed by atoms with E-state index in [0.29, 0.717) is 0 Å². The summed E-state index contributed by atoms with van der Waals surface area (Å²) in [6, 6.07) is 0. The van der Waals surface area contributed by atoms with E-state index in [4.69, 9.17) is 5.11 Å². The number of nitrogens with zero attached hydrogens (tertiary/aromatic N) is 1. The fourth-order valence-corrected chi connectivity index (χ4v) is 2.42. The zero-order valence-electron chi connectivity index (χ0n) is 6.46. The molecule has 11 heavy (non-hydrogen) atoms. The number of hydrogen-bond acceptors (Lipinski definition) is 2. The van der Waals surface area contributed by atoms with Gasteiger partial charge in [-0.3, -0.25) is 4.79 Å². The lowest BCUT2D eigenvalue weighted by Gasteiger charge is -2.09. The van der Waals surface area contributed by atoms with Crippen molar-refractivity contribution in [2.45, 2.75) is 10.8 Å². The molecule has 0 aromatic heterocycles. The smallest absolute Gasteiger partial charge is 0.308 e. The van der Waals surface area contributed by atoms with Gasteiger partial charge in [0, 0.05) is 17.0 Å². The maximum Gasteiger partial charge on any atom is 0.308 e. The average molecular weight is 269 g/mol. The first-order valence-electron chi connectivity index (χ1n) is 3.74. The van der Waals surface area contributed by atoms with E-state index in [1.165, 1.54) is 0 Å². The molecule has 3 nitrogen and oxygen atoms in total. The number of rotatable bonds is 2. The second-order valence-electron chi connectivity index (χ2n) is 2.81. The Hall–Kier alpha value is 0.160. The van der Waals surface area contributed by atoms with E-state index in [1.54, 1.807) is 0 Å². The van der Waals surface area contributed by atoms with Crippen molar-refractivity contribution in [1.82, 2.24) is 4.90 Å². The molecule has 1 saturated heterocycles. The second-order valence-corrected chi connectivity index (χ2v) is 4.41. The standard InChI is InChI=1S/C7H12INO2/c1-2-9-3-5(7(10)11)6(8)4-9/h5-6H,2-4H2,1H3,(H,10,11)/t5-,6-/m1/s1. The minimum Gasteiger partial charge on any atom is -0.481 e. The van der Waals surface area contributed by atoms with Gasteiger partial charge in [-0.25, -0.2) is 0 Å². The van der Waals surface area contributed by atoms with Gasteiger partial charge in [0.25, 0.3) is 0 Å². The van der Waals surface area contributed by atoms with E-state index in [9.17, 15) is 4.79 Å². The van der Waals surface area contributed by atoms with Crippen LogP contribution in [-0.4, -0.2) is 39.5 Å². The quantitative estimate of drug-likeness (QED) is 0.596. The maximum absolute atomic E-state index is 10.6. The number of carbonyl (C=O) groups is 1. The first-order valence-corrected chi connectivity index (χ1v) is 4.99. The van der Waals surface area contributed by atoms with Crippen molar-refractivity contribution in [3.8, 4) is 0 Å². The summed E-state index contributed by atoms with van der Waals surface area (Å²) in [7, 11) is 0. The summed E-state index contributed by atoms with van der Waals surface area (Å²) >= 11 is 2.23. The van der Waals surface area contributed by atoms with Crippen LogP contribution in [-0.2, 0) is 4.79 Å². The predicted molar refractivity (Wildman–Crippen MR) is 51.0 cm³/mol. The zero-order chi connectivity index (χ0) is 8.43. The summed E-state index contributed by atoms with van der Waals surface area (Å²) < 4.78 is 0.282. The summed E-state index contributed by atoms with van der Waals surface area (Å²) in [6.45, 7) is 4.67. The number of alkyl halides is 1. The summed E-state index contributed by atoms with van der Waals surface area (Å²) in [6.07, 6.45) is 0. The zero-order valence-corrected chi connectivity index (χ0v) is 8.61. The van der Waals surface area contributed by atoms with Crippen LogP contribution in [0.3, 0.4) is 0 Å². The minimum atomic E-state index is -0.652. The average Bonchev–Trinajstić information content (AvgIpc) is 2.30. The molecular formula is C7H12INO2. The topological polar surface area (TPSA) is 40.5 Å². The Bertz CT molecular complexity index is 163. The van der Waals surface area contributed by atoms with Crippen molar-refractivity contribution in [2.75, 3.05) is 19.6 Å². The Kier molecular flexibility index (Phi) is 3.12. The Morgan fingerprint density at radius 2 is 2.36 bits per heavy atom. The lowest BCUT2D eigenvalue weighted by atomic mass is 10.1. The van der Waals surface area contributed by atoms with Gasteiger partial charge in [0.1, 0.15) is 0 Å². The lowest BCUT2D eigenvalue weighted by Crippen LogP contribution is -2.23. The van der Waals surface area contributed by atoms with Crippen molar-refractivity contribution in [3.05, 3.63) is 0 Å². The Morgan fingerprint density at radius 3 is 2.64 bits per heavy atom. The van der Waals surface area contributed by atoms with Crippen LogP contribution in [0.2, 0.25) is 0 Å². The molecule has 0 amide bonds. The molecule has 1 aliphatic rings. The second kappa shape index (κ2) is 3.71. The molecular weight excluding hydrogens is 257 g/mol. The number of carboxylic acid groups (broad SMARTS) is 1. The van der Waals surface area contributed by atoms with E-state index < -0.39 is 5.97 Å². The molecule has 64 valence electrons. The Labute approximate surface area is 79.9 Å². The molecule has 0 saturated carbocycles. The van der Waals surface area contributed by atoms with Crippen LogP contribution >= 0.6 is 22.6 Å². The highest BCUT2D eigenvalue weighted by Crippen LogP contribution is 2.23. The molecule has 0 aromatic carbocycles. The van der Waals surface area contributed by atoms with Gasteiger partial charge in [-0.05, 0) is 6.54 Å². The molecule has 1 rings (SSSR count). The molecule has 0 unspecified atom stereocenters. The van der Waals surface area contributed by atoms with Crippen LogP contribution < -0.4 is 0 Å².